The van der Waals surface area contributed by atoms with E-state index in [1.165, 1.54) is 0 Å². The Morgan fingerprint density at radius 2 is 2.25 bits per heavy atom. The summed E-state index contributed by atoms with van der Waals surface area (Å²) in [5.74, 6) is 0. The van der Waals surface area contributed by atoms with Crippen molar-refractivity contribution in [2.24, 2.45) is 0 Å². The summed E-state index contributed by atoms with van der Waals surface area (Å²) in [7, 11) is 0. The van der Waals surface area contributed by atoms with Crippen LogP contribution in [0.3, 0.4) is 0 Å². The summed E-state index contributed by atoms with van der Waals surface area (Å²) < 4.78 is 0. The highest BCUT2D eigenvalue weighted by Crippen LogP contribution is 2.09. The molecule has 0 radical (unpaired) electrons. The number of hydrogen-bond donors (Lipinski definition) is 0. The van der Waals surface area contributed by atoms with Gasteiger partial charge in [-0.25, -0.2) is 0 Å². The monoisotopic (exact) mass is 111 g/mol. The summed E-state index contributed by atoms with van der Waals surface area (Å²) in [4.78, 5) is 0. The van der Waals surface area contributed by atoms with E-state index in [2.05, 4.69) is 11.8 Å². The van der Waals surface area contributed by atoms with E-state index in [1.54, 1.807) is 11.4 Å². The lowest BCUT2D eigenvalue weighted by atomic mass is 12.0. The minimum absolute atomic E-state index is 0.640. The molecule has 0 nitrogen and oxygen atoms in total. The van der Waals surface area contributed by atoms with Gasteiger partial charge in [0.1, 0.15) is 0 Å². The lowest BCUT2D eigenvalue weighted by Gasteiger charge is -1.39. The van der Waals surface area contributed by atoms with Gasteiger partial charge in [-0.1, -0.05) is 0 Å². The van der Waals surface area contributed by atoms with Crippen molar-refractivity contribution in [3.63, 3.8) is 0 Å². The fourth-order valence-corrected chi connectivity index (χ4v) is 0. The van der Waals surface area contributed by atoms with E-state index in [0.717, 1.165) is 0 Å². The molecule has 0 amide bonds. The van der Waals surface area contributed by atoms with Crippen molar-refractivity contribution in [2.75, 3.05) is 6.26 Å². The minimum atomic E-state index is 0.640. The molecule has 0 aliphatic rings. The van der Waals surface area contributed by atoms with Crippen LogP contribution in [0.5, 0.6) is 0 Å². The Morgan fingerprint density at radius 1 is 2.00 bits per heavy atom. The van der Waals surface area contributed by atoms with Crippen LogP contribution in [0.15, 0.2) is 0 Å². The number of hydrogen-bond acceptors (Lipinski definition) is 2. The molecule has 1 atom stereocenters. The van der Waals surface area contributed by atoms with Crippen LogP contribution in [0.25, 0.3) is 0 Å². The molecule has 0 aliphatic carbocycles. The molecule has 0 heterocycles. The molecule has 0 N–H and O–H groups in total. The standard InChI is InChI=1S/CH3PS2/c1-4-2-3/h1H3/p+1. The van der Waals surface area contributed by atoms with Gasteiger partial charge < -0.3 is 0 Å². The van der Waals surface area contributed by atoms with E-state index >= 15 is 0 Å². The first-order valence-corrected chi connectivity index (χ1v) is 4.90. The summed E-state index contributed by atoms with van der Waals surface area (Å²) in [5.41, 5.74) is 0. The highest BCUT2D eigenvalue weighted by molar-refractivity contribution is 8.57. The van der Waals surface area contributed by atoms with Crippen LogP contribution >= 0.6 is 17.9 Å². The van der Waals surface area contributed by atoms with E-state index in [0.29, 0.717) is 6.56 Å². The van der Waals surface area contributed by atoms with Crippen LogP contribution in [0.2, 0.25) is 0 Å². The second-order valence-corrected chi connectivity index (χ2v) is 4.09. The Labute approximate surface area is 36.6 Å². The van der Waals surface area contributed by atoms with Gasteiger partial charge in [-0.2, -0.15) is 0 Å². The predicted octanol–water partition coefficient (Wildman–Crippen LogP) is 1.40. The molecular formula is CH4PS2+. The Bertz CT molecular complexity index is 20.0. The Kier molecular flexibility index (Phi) is 4.71. The van der Waals surface area contributed by atoms with Crippen molar-refractivity contribution in [1.29, 1.82) is 0 Å². The molecule has 4 heavy (non-hydrogen) atoms. The third-order valence-corrected chi connectivity index (χ3v) is 2.25. The second-order valence-electron chi connectivity index (χ2n) is 0.287. The second kappa shape index (κ2) is 3.87. The van der Waals surface area contributed by atoms with E-state index in [9.17, 15) is 0 Å². The zero-order chi connectivity index (χ0) is 3.41. The maximum absolute atomic E-state index is 4.54. The molecule has 24 valence electrons. The summed E-state index contributed by atoms with van der Waals surface area (Å²) in [5, 5.41) is 0. The van der Waals surface area contributed by atoms with E-state index in [-0.39, 0.29) is 0 Å². The third kappa shape index (κ3) is 2.87. The fraction of sp³-hybridized carbons (Fsp3) is 1.00. The zero-order valence-corrected chi connectivity index (χ0v) is 4.95. The summed E-state index contributed by atoms with van der Waals surface area (Å²) in [6.45, 7) is 0.640. The maximum Gasteiger partial charge on any atom is 0.230 e. The molecule has 0 spiro atoms. The van der Waals surface area contributed by atoms with Gasteiger partial charge in [0.15, 0.2) is 11.8 Å². The molecule has 0 rings (SSSR count). The molecule has 0 fully saturated rings. The highest BCUT2D eigenvalue weighted by atomic mass is 32.9. The van der Waals surface area contributed by atoms with Gasteiger partial charge in [-0.05, 0) is 0 Å². The molecule has 0 bridgehead atoms. The van der Waals surface area contributed by atoms with Crippen LogP contribution in [0, 0.1) is 0 Å². The lowest BCUT2D eigenvalue weighted by Crippen LogP contribution is -1.11. The number of rotatable bonds is 1. The fourth-order valence-electron chi connectivity index (χ4n) is 0. The van der Waals surface area contributed by atoms with Crippen molar-refractivity contribution in [3.8, 4) is 0 Å². The summed E-state index contributed by atoms with van der Waals surface area (Å²) in [6.07, 6.45) is 2.01. The average molecular weight is 111 g/mol. The molecular weight excluding hydrogens is 107 g/mol. The minimum Gasteiger partial charge on any atom is 0.0276 e. The largest absolute Gasteiger partial charge is 0.230 e. The normalized spacial score (nSPS) is 8.25. The van der Waals surface area contributed by atoms with E-state index < -0.39 is 0 Å². The maximum atomic E-state index is 4.54. The Morgan fingerprint density at radius 3 is 2.25 bits per heavy atom. The highest BCUT2D eigenvalue weighted by Gasteiger charge is 1.64. The van der Waals surface area contributed by atoms with Gasteiger partial charge in [0.05, 0.1) is 11.4 Å². The van der Waals surface area contributed by atoms with Crippen LogP contribution in [-0.4, -0.2) is 6.26 Å². The van der Waals surface area contributed by atoms with E-state index in [1.807, 2.05) is 6.26 Å². The molecule has 0 aromatic rings. The quantitative estimate of drug-likeness (QED) is 0.469. The van der Waals surface area contributed by atoms with Crippen molar-refractivity contribution in [3.05, 3.63) is 0 Å². The third-order valence-electron chi connectivity index (χ3n) is 0.0833. The molecule has 1 unspecified atom stereocenters. The van der Waals surface area contributed by atoms with Crippen LogP contribution in [-0.2, 0) is 11.8 Å². The molecule has 0 aromatic carbocycles. The van der Waals surface area contributed by atoms with Crippen LogP contribution in [0.4, 0.5) is 0 Å². The van der Waals surface area contributed by atoms with Crippen molar-refractivity contribution in [2.45, 2.75) is 0 Å². The first-order valence-electron chi connectivity index (χ1n) is 0.816. The van der Waals surface area contributed by atoms with Gasteiger partial charge >= 0.3 is 0 Å². The van der Waals surface area contributed by atoms with Crippen molar-refractivity contribution >= 4 is 29.7 Å². The van der Waals surface area contributed by atoms with Crippen LogP contribution < -0.4 is 0 Å². The van der Waals surface area contributed by atoms with Gasteiger partial charge in [-0.15, -0.1) is 0 Å². The van der Waals surface area contributed by atoms with Crippen molar-refractivity contribution < 1.29 is 0 Å². The van der Waals surface area contributed by atoms with E-state index in [4.69, 9.17) is 0 Å². The van der Waals surface area contributed by atoms with Gasteiger partial charge in [0.2, 0.25) is 6.56 Å². The zero-order valence-electron chi connectivity index (χ0n) is 2.32. The molecule has 0 saturated carbocycles. The van der Waals surface area contributed by atoms with Gasteiger partial charge in [0, 0.05) is 6.26 Å². The summed E-state index contributed by atoms with van der Waals surface area (Å²) in [6, 6.07) is 0. The summed E-state index contributed by atoms with van der Waals surface area (Å²) >= 11 is 6.24. The molecule has 0 aromatic heterocycles. The topological polar surface area (TPSA) is 0 Å². The molecule has 0 saturated heterocycles. The first-order chi connectivity index (χ1) is 1.91. The average Bonchev–Trinajstić information content (AvgIpc) is 1.37. The van der Waals surface area contributed by atoms with Crippen molar-refractivity contribution in [1.82, 2.24) is 0 Å². The Balaban J connectivity index is 2.30. The predicted molar refractivity (Wildman–Crippen MR) is 29.2 cm³/mol. The lowest BCUT2D eigenvalue weighted by molar-refractivity contribution is 2.55. The smallest absolute Gasteiger partial charge is 0.0276 e. The molecule has 0 aliphatic heterocycles. The van der Waals surface area contributed by atoms with Gasteiger partial charge in [0.25, 0.3) is 0 Å². The molecule has 3 heteroatoms. The Hall–Kier alpha value is 0.870. The van der Waals surface area contributed by atoms with Crippen LogP contribution in [0.1, 0.15) is 0 Å². The first kappa shape index (κ1) is 4.87. The van der Waals surface area contributed by atoms with Gasteiger partial charge in [-0.3, -0.25) is 0 Å². The SMILES string of the molecule is CS[PH+]=S.